The van der Waals surface area contributed by atoms with Gasteiger partial charge >= 0.3 is 0 Å². The molecule has 1 heterocycles. The van der Waals surface area contributed by atoms with Gasteiger partial charge in [-0.15, -0.1) is 0 Å². The van der Waals surface area contributed by atoms with Crippen molar-refractivity contribution in [2.75, 3.05) is 6.54 Å². The van der Waals surface area contributed by atoms with Gasteiger partial charge in [0.25, 0.3) is 0 Å². The van der Waals surface area contributed by atoms with E-state index in [0.717, 1.165) is 27.9 Å². The van der Waals surface area contributed by atoms with Crippen LogP contribution in [0.15, 0.2) is 54.7 Å². The van der Waals surface area contributed by atoms with Crippen molar-refractivity contribution in [1.82, 2.24) is 10.3 Å². The number of hydrogen-bond acceptors (Lipinski definition) is 2. The lowest BCUT2D eigenvalue weighted by Crippen LogP contribution is -2.20. The summed E-state index contributed by atoms with van der Waals surface area (Å²) < 4.78 is 0. The second kappa shape index (κ2) is 6.40. The molecule has 2 aliphatic rings. The molecule has 3 aromatic rings. The summed E-state index contributed by atoms with van der Waals surface area (Å²) in [5.41, 5.74) is 4.29. The highest BCUT2D eigenvalue weighted by molar-refractivity contribution is 6.00. The Morgan fingerprint density at radius 2 is 1.92 bits per heavy atom. The van der Waals surface area contributed by atoms with Crippen molar-refractivity contribution in [2.45, 2.75) is 37.6 Å². The van der Waals surface area contributed by atoms with E-state index in [1.165, 1.54) is 31.4 Å². The maximum Gasteiger partial charge on any atom is 0.167 e. The highest BCUT2D eigenvalue weighted by atomic mass is 16.1. The third-order valence-electron chi connectivity index (χ3n) is 5.81. The third-order valence-corrected chi connectivity index (χ3v) is 5.81. The van der Waals surface area contributed by atoms with Crippen LogP contribution in [-0.2, 0) is 6.42 Å². The fraction of sp³-hybridized carbons (Fsp3) is 0.348. The zero-order valence-corrected chi connectivity index (χ0v) is 14.9. The lowest BCUT2D eigenvalue weighted by molar-refractivity contribution is 0.0993. The number of fused-ring (bicyclic) bond motifs is 1. The Labute approximate surface area is 153 Å². The molecule has 2 aliphatic carbocycles. The number of H-pyrrole nitrogens is 1. The van der Waals surface area contributed by atoms with Crippen LogP contribution in [0.5, 0.6) is 0 Å². The van der Waals surface area contributed by atoms with E-state index in [4.69, 9.17) is 0 Å². The van der Waals surface area contributed by atoms with E-state index in [1.807, 2.05) is 30.5 Å². The molecule has 1 aromatic heterocycles. The molecule has 2 fully saturated rings. The molecule has 2 unspecified atom stereocenters. The molecule has 0 bridgehead atoms. The molecular formula is C23H24N2O. The van der Waals surface area contributed by atoms with Crippen LogP contribution < -0.4 is 5.32 Å². The second-order valence-corrected chi connectivity index (χ2v) is 7.92. The number of benzene rings is 2. The summed E-state index contributed by atoms with van der Waals surface area (Å²) >= 11 is 0. The summed E-state index contributed by atoms with van der Waals surface area (Å²) in [4.78, 5) is 15.8. The first-order valence-electron chi connectivity index (χ1n) is 9.69. The van der Waals surface area contributed by atoms with E-state index in [1.54, 1.807) is 0 Å². The number of carbonyl (C=O) groups is 1. The first kappa shape index (κ1) is 15.8. The van der Waals surface area contributed by atoms with Crippen molar-refractivity contribution in [3.63, 3.8) is 0 Å². The van der Waals surface area contributed by atoms with Gasteiger partial charge in [-0.3, -0.25) is 4.79 Å². The van der Waals surface area contributed by atoms with Gasteiger partial charge in [-0.1, -0.05) is 36.4 Å². The molecule has 132 valence electrons. The SMILES string of the molecule is O=C(Cc1ccc(C2CC2NCC2CC2)cc1)c1ccc2cc[nH]c2c1. The molecular weight excluding hydrogens is 320 g/mol. The first-order valence-corrected chi connectivity index (χ1v) is 9.69. The van der Waals surface area contributed by atoms with Crippen LogP contribution >= 0.6 is 0 Å². The Morgan fingerprint density at radius 1 is 1.08 bits per heavy atom. The smallest absolute Gasteiger partial charge is 0.167 e. The third kappa shape index (κ3) is 3.32. The summed E-state index contributed by atoms with van der Waals surface area (Å²) in [6, 6.07) is 17.2. The van der Waals surface area contributed by atoms with Gasteiger partial charge in [-0.25, -0.2) is 0 Å². The van der Waals surface area contributed by atoms with Gasteiger partial charge in [-0.2, -0.15) is 0 Å². The number of Topliss-reactive ketones (excluding diaryl/α,β-unsaturated/α-hetero) is 1. The van der Waals surface area contributed by atoms with Crippen molar-refractivity contribution in [1.29, 1.82) is 0 Å². The highest BCUT2D eigenvalue weighted by Gasteiger charge is 2.38. The normalized spacial score (nSPS) is 21.8. The molecule has 0 saturated heterocycles. The standard InChI is InChI=1S/C23H24N2O/c26-23(19-8-7-18-9-10-24-21(18)12-19)11-15-3-5-17(6-4-15)20-13-22(20)25-14-16-1-2-16/h3-10,12,16,20,22,24-25H,1-2,11,13-14H2. The second-order valence-electron chi connectivity index (χ2n) is 7.92. The van der Waals surface area contributed by atoms with Gasteiger partial charge in [-0.05, 0) is 60.4 Å². The Hall–Kier alpha value is -2.39. The lowest BCUT2D eigenvalue weighted by Gasteiger charge is -2.06. The van der Waals surface area contributed by atoms with Crippen LogP contribution in [0.1, 0.15) is 46.7 Å². The summed E-state index contributed by atoms with van der Waals surface area (Å²) in [6.07, 6.45) is 6.43. The predicted molar refractivity (Wildman–Crippen MR) is 105 cm³/mol. The van der Waals surface area contributed by atoms with Crippen molar-refractivity contribution in [2.24, 2.45) is 5.92 Å². The van der Waals surface area contributed by atoms with Crippen molar-refractivity contribution >= 4 is 16.7 Å². The monoisotopic (exact) mass is 344 g/mol. The van der Waals surface area contributed by atoms with E-state index >= 15 is 0 Å². The minimum atomic E-state index is 0.171. The molecule has 5 rings (SSSR count). The predicted octanol–water partition coefficient (Wildman–Crippen LogP) is 4.45. The average Bonchev–Trinajstić information content (AvgIpc) is 3.57. The molecule has 2 N–H and O–H groups in total. The number of aromatic nitrogens is 1. The van der Waals surface area contributed by atoms with Crippen LogP contribution in [0.2, 0.25) is 0 Å². The number of rotatable bonds is 7. The van der Waals surface area contributed by atoms with Crippen LogP contribution in [0.3, 0.4) is 0 Å². The molecule has 3 heteroatoms. The van der Waals surface area contributed by atoms with Crippen molar-refractivity contribution in [3.8, 4) is 0 Å². The lowest BCUT2D eigenvalue weighted by atomic mass is 10.00. The maximum absolute atomic E-state index is 12.6. The fourth-order valence-electron chi connectivity index (χ4n) is 3.82. The largest absolute Gasteiger partial charge is 0.361 e. The Bertz CT molecular complexity index is 936. The minimum absolute atomic E-state index is 0.171. The van der Waals surface area contributed by atoms with Crippen molar-refractivity contribution in [3.05, 3.63) is 71.4 Å². The zero-order chi connectivity index (χ0) is 17.5. The topological polar surface area (TPSA) is 44.9 Å². The molecule has 0 aliphatic heterocycles. The van der Waals surface area contributed by atoms with Gasteiger partial charge in [0.1, 0.15) is 0 Å². The average molecular weight is 344 g/mol. The first-order chi connectivity index (χ1) is 12.8. The number of aromatic amines is 1. The molecule has 2 aromatic carbocycles. The number of ketones is 1. The van der Waals surface area contributed by atoms with Crippen molar-refractivity contribution < 1.29 is 4.79 Å². The van der Waals surface area contributed by atoms with Crippen LogP contribution in [-0.4, -0.2) is 23.4 Å². The molecule has 2 atom stereocenters. The van der Waals surface area contributed by atoms with Gasteiger partial charge in [0.2, 0.25) is 0 Å². The number of carbonyl (C=O) groups excluding carboxylic acids is 1. The summed E-state index contributed by atoms with van der Waals surface area (Å²) in [5, 5.41) is 4.83. The van der Waals surface area contributed by atoms with Gasteiger partial charge < -0.3 is 10.3 Å². The molecule has 26 heavy (non-hydrogen) atoms. The van der Waals surface area contributed by atoms with Crippen LogP contribution in [0, 0.1) is 5.92 Å². The quantitative estimate of drug-likeness (QED) is 0.622. The fourth-order valence-corrected chi connectivity index (χ4v) is 3.82. The molecule has 0 amide bonds. The highest BCUT2D eigenvalue weighted by Crippen LogP contribution is 2.41. The molecule has 0 spiro atoms. The summed E-state index contributed by atoms with van der Waals surface area (Å²) in [6.45, 7) is 1.19. The van der Waals surface area contributed by atoms with Crippen LogP contribution in [0.4, 0.5) is 0 Å². The Morgan fingerprint density at radius 3 is 2.73 bits per heavy atom. The summed E-state index contributed by atoms with van der Waals surface area (Å²) in [5.74, 6) is 1.77. The van der Waals surface area contributed by atoms with Gasteiger partial charge in [0.15, 0.2) is 5.78 Å². The van der Waals surface area contributed by atoms with E-state index in [9.17, 15) is 4.79 Å². The number of nitrogens with one attached hydrogen (secondary N) is 2. The molecule has 2 saturated carbocycles. The van der Waals surface area contributed by atoms with Gasteiger partial charge in [0, 0.05) is 35.7 Å². The molecule has 0 radical (unpaired) electrons. The number of hydrogen-bond donors (Lipinski definition) is 2. The van der Waals surface area contributed by atoms with E-state index in [2.05, 4.69) is 34.6 Å². The van der Waals surface area contributed by atoms with E-state index in [-0.39, 0.29) is 5.78 Å². The van der Waals surface area contributed by atoms with E-state index < -0.39 is 0 Å². The van der Waals surface area contributed by atoms with E-state index in [0.29, 0.717) is 18.4 Å². The van der Waals surface area contributed by atoms with Gasteiger partial charge in [0.05, 0.1) is 0 Å². The maximum atomic E-state index is 12.6. The zero-order valence-electron chi connectivity index (χ0n) is 14.9. The summed E-state index contributed by atoms with van der Waals surface area (Å²) in [7, 11) is 0. The Kier molecular flexibility index (Phi) is 3.90. The van der Waals surface area contributed by atoms with Crippen LogP contribution in [0.25, 0.3) is 10.9 Å². The molecule has 3 nitrogen and oxygen atoms in total. The minimum Gasteiger partial charge on any atom is -0.361 e. The Balaban J connectivity index is 1.21.